The van der Waals surface area contributed by atoms with Gasteiger partial charge >= 0.3 is 0 Å². The highest BCUT2D eigenvalue weighted by atomic mass is 32.2. The van der Waals surface area contributed by atoms with Gasteiger partial charge in [-0.3, -0.25) is 23.9 Å². The predicted octanol–water partition coefficient (Wildman–Crippen LogP) is 5.65. The predicted molar refractivity (Wildman–Crippen MR) is 198 cm³/mol. The molecule has 0 unspecified atom stereocenters. The van der Waals surface area contributed by atoms with Crippen LogP contribution in [0.1, 0.15) is 21.6 Å². The molecule has 5 aromatic rings. The highest BCUT2D eigenvalue weighted by Gasteiger charge is 2.20. The molecule has 0 spiro atoms. The molecule has 12 nitrogen and oxygen atoms in total. The monoisotopic (exact) mass is 707 g/mol. The number of amides is 3. The van der Waals surface area contributed by atoms with Gasteiger partial charge in [-0.1, -0.05) is 36.4 Å². The van der Waals surface area contributed by atoms with Crippen LogP contribution in [0.25, 0.3) is 11.8 Å². The third-order valence-electron chi connectivity index (χ3n) is 7.83. The Morgan fingerprint density at radius 3 is 2.00 bits per heavy atom. The van der Waals surface area contributed by atoms with Crippen molar-refractivity contribution in [2.45, 2.75) is 11.8 Å². The molecule has 13 heteroatoms. The topological polar surface area (TPSA) is 142 Å². The Kier molecular flexibility index (Phi) is 11.6. The van der Waals surface area contributed by atoms with Crippen LogP contribution in [0.3, 0.4) is 0 Å². The van der Waals surface area contributed by atoms with Crippen molar-refractivity contribution in [3.63, 3.8) is 0 Å². The van der Waals surface area contributed by atoms with E-state index < -0.39 is 11.8 Å². The van der Waals surface area contributed by atoms with E-state index in [1.165, 1.54) is 43.8 Å². The van der Waals surface area contributed by atoms with Gasteiger partial charge in [-0.05, 0) is 79.2 Å². The summed E-state index contributed by atoms with van der Waals surface area (Å²) in [5.41, 5.74) is 2.53. The molecule has 0 aliphatic rings. The van der Waals surface area contributed by atoms with Crippen molar-refractivity contribution < 1.29 is 28.6 Å². The fourth-order valence-corrected chi connectivity index (χ4v) is 5.86. The molecule has 5 rings (SSSR count). The first kappa shape index (κ1) is 36.1. The van der Waals surface area contributed by atoms with E-state index in [9.17, 15) is 19.2 Å². The molecular formula is C38H37N5O7S. The lowest BCUT2D eigenvalue weighted by molar-refractivity contribution is -0.114. The van der Waals surface area contributed by atoms with Gasteiger partial charge in [0.25, 0.3) is 17.4 Å². The zero-order valence-corrected chi connectivity index (χ0v) is 29.5. The average molecular weight is 708 g/mol. The van der Waals surface area contributed by atoms with Crippen molar-refractivity contribution in [2.24, 2.45) is 7.05 Å². The second-order valence-electron chi connectivity index (χ2n) is 11.1. The van der Waals surface area contributed by atoms with Crippen molar-refractivity contribution in [1.82, 2.24) is 14.7 Å². The number of carbonyl (C=O) groups excluding carboxylic acids is 3. The smallest absolute Gasteiger partial charge is 0.295 e. The molecular weight excluding hydrogens is 671 g/mol. The van der Waals surface area contributed by atoms with Gasteiger partial charge in [-0.2, -0.15) is 0 Å². The van der Waals surface area contributed by atoms with Crippen molar-refractivity contribution in [1.29, 1.82) is 0 Å². The molecule has 0 radical (unpaired) electrons. The SMILES string of the molecule is COc1cc(/C=C(\NC(=O)c2ccccc2)C(=O)Nc2ccc(SCC(=O)Nc3c(C)n(C)n(-c4ccccc4)c3=O)cc2)cc(OC)c1OC. The molecule has 0 atom stereocenters. The van der Waals surface area contributed by atoms with E-state index in [1.807, 2.05) is 30.3 Å². The Bertz CT molecular complexity index is 2100. The van der Waals surface area contributed by atoms with Crippen LogP contribution in [0.4, 0.5) is 11.4 Å². The highest BCUT2D eigenvalue weighted by Crippen LogP contribution is 2.38. The molecule has 1 heterocycles. The van der Waals surface area contributed by atoms with E-state index in [2.05, 4.69) is 16.0 Å². The lowest BCUT2D eigenvalue weighted by Gasteiger charge is -2.15. The van der Waals surface area contributed by atoms with Gasteiger partial charge in [0.1, 0.15) is 11.4 Å². The van der Waals surface area contributed by atoms with Gasteiger partial charge in [0, 0.05) is 23.2 Å². The molecule has 1 aromatic heterocycles. The number of rotatable bonds is 13. The Morgan fingerprint density at radius 1 is 0.804 bits per heavy atom. The van der Waals surface area contributed by atoms with E-state index in [4.69, 9.17) is 14.2 Å². The van der Waals surface area contributed by atoms with E-state index >= 15 is 0 Å². The molecule has 0 saturated carbocycles. The Morgan fingerprint density at radius 2 is 1.41 bits per heavy atom. The summed E-state index contributed by atoms with van der Waals surface area (Å²) >= 11 is 1.28. The first-order valence-electron chi connectivity index (χ1n) is 15.7. The Balaban J connectivity index is 1.28. The Labute approximate surface area is 299 Å². The number of benzene rings is 4. The molecule has 0 aliphatic heterocycles. The minimum atomic E-state index is -0.577. The average Bonchev–Trinajstić information content (AvgIpc) is 3.36. The Hall–Kier alpha value is -6.21. The molecule has 3 N–H and O–H groups in total. The summed E-state index contributed by atoms with van der Waals surface area (Å²) in [5.74, 6) is -0.193. The maximum Gasteiger partial charge on any atom is 0.295 e. The number of nitrogens with one attached hydrogen (secondary N) is 3. The second-order valence-corrected chi connectivity index (χ2v) is 12.1. The van der Waals surface area contributed by atoms with Crippen LogP contribution in [-0.2, 0) is 16.6 Å². The maximum absolute atomic E-state index is 13.6. The van der Waals surface area contributed by atoms with Crippen molar-refractivity contribution in [3.8, 4) is 22.9 Å². The van der Waals surface area contributed by atoms with Crippen LogP contribution in [0.15, 0.2) is 112 Å². The minimum absolute atomic E-state index is 0.0317. The zero-order valence-electron chi connectivity index (χ0n) is 28.7. The molecule has 0 bridgehead atoms. The first-order valence-corrected chi connectivity index (χ1v) is 16.7. The van der Waals surface area contributed by atoms with E-state index in [0.29, 0.717) is 45.4 Å². The zero-order chi connectivity index (χ0) is 36.5. The van der Waals surface area contributed by atoms with Gasteiger partial charge in [0.15, 0.2) is 11.5 Å². The van der Waals surface area contributed by atoms with Crippen molar-refractivity contribution >= 4 is 46.9 Å². The number of para-hydroxylation sites is 1. The molecule has 4 aromatic carbocycles. The molecule has 0 fully saturated rings. The van der Waals surface area contributed by atoms with Crippen LogP contribution in [0.5, 0.6) is 17.2 Å². The lowest BCUT2D eigenvalue weighted by Crippen LogP contribution is -2.30. The number of aromatic nitrogens is 2. The van der Waals surface area contributed by atoms with Crippen LogP contribution in [0.2, 0.25) is 0 Å². The fraction of sp³-hybridized carbons (Fsp3) is 0.158. The van der Waals surface area contributed by atoms with E-state index in [-0.39, 0.29) is 28.6 Å². The normalized spacial score (nSPS) is 11.0. The van der Waals surface area contributed by atoms with Crippen LogP contribution in [0, 0.1) is 6.92 Å². The summed E-state index contributed by atoms with van der Waals surface area (Å²) < 4.78 is 19.5. The number of nitrogens with zero attached hydrogens (tertiary/aromatic N) is 2. The fourth-order valence-electron chi connectivity index (χ4n) is 5.16. The summed E-state index contributed by atoms with van der Waals surface area (Å²) in [7, 11) is 6.22. The molecule has 51 heavy (non-hydrogen) atoms. The summed E-state index contributed by atoms with van der Waals surface area (Å²) in [4.78, 5) is 53.5. The largest absolute Gasteiger partial charge is 0.493 e. The minimum Gasteiger partial charge on any atom is -0.493 e. The van der Waals surface area contributed by atoms with E-state index in [0.717, 1.165) is 4.90 Å². The number of ether oxygens (including phenoxy) is 3. The van der Waals surface area contributed by atoms with Gasteiger partial charge in [0.05, 0.1) is 38.5 Å². The van der Waals surface area contributed by atoms with Crippen molar-refractivity contribution in [3.05, 3.63) is 130 Å². The summed E-state index contributed by atoms with van der Waals surface area (Å²) in [6, 6.07) is 27.9. The van der Waals surface area contributed by atoms with Crippen LogP contribution >= 0.6 is 11.8 Å². The second kappa shape index (κ2) is 16.5. The summed E-state index contributed by atoms with van der Waals surface area (Å²) in [6.45, 7) is 1.77. The van der Waals surface area contributed by atoms with E-state index in [1.54, 1.807) is 85.4 Å². The first-order chi connectivity index (χ1) is 24.6. The number of hydrogen-bond acceptors (Lipinski definition) is 8. The third-order valence-corrected chi connectivity index (χ3v) is 8.84. The highest BCUT2D eigenvalue weighted by molar-refractivity contribution is 8.00. The molecule has 0 saturated heterocycles. The van der Waals surface area contributed by atoms with Gasteiger partial charge in [-0.15, -0.1) is 11.8 Å². The quantitative estimate of drug-likeness (QED) is 0.105. The van der Waals surface area contributed by atoms with Crippen LogP contribution in [-0.4, -0.2) is 54.2 Å². The lowest BCUT2D eigenvalue weighted by atomic mass is 10.1. The van der Waals surface area contributed by atoms with Crippen molar-refractivity contribution in [2.75, 3.05) is 37.7 Å². The maximum atomic E-state index is 13.6. The summed E-state index contributed by atoms with van der Waals surface area (Å²) in [6.07, 6.45) is 1.51. The third kappa shape index (κ3) is 8.51. The van der Waals surface area contributed by atoms with Gasteiger partial charge in [0.2, 0.25) is 11.7 Å². The molecule has 0 aliphatic carbocycles. The standard InChI is InChI=1S/C38H37N5O7S/c1-24-34(38(47)43(42(24)2)28-14-10-7-11-15-28)41-33(44)23-51-29-18-16-27(17-19-29)39-37(46)30(40-36(45)26-12-8-6-9-13-26)20-25-21-31(48-3)35(50-5)32(22-25)49-4/h6-22H,23H2,1-5H3,(H,39,46)(H,40,45)(H,41,44)/b30-20-. The molecule has 3 amide bonds. The molecule has 262 valence electrons. The summed E-state index contributed by atoms with van der Waals surface area (Å²) in [5, 5.41) is 8.30. The number of methoxy groups -OCH3 is 3. The van der Waals surface area contributed by atoms with Gasteiger partial charge in [-0.25, -0.2) is 4.68 Å². The van der Waals surface area contributed by atoms with Crippen LogP contribution < -0.4 is 35.7 Å². The van der Waals surface area contributed by atoms with Gasteiger partial charge < -0.3 is 30.2 Å². The number of thioether (sulfide) groups is 1. The number of anilines is 2. The number of carbonyl (C=O) groups is 3. The number of hydrogen-bond donors (Lipinski definition) is 3.